The van der Waals surface area contributed by atoms with Gasteiger partial charge in [0.1, 0.15) is 0 Å². The number of likely N-dealkylation sites (N-methyl/N-ethyl adjacent to an activating group) is 1. The number of hydrogen-bond acceptors (Lipinski definition) is 3. The SMILES string of the molecule is CN1CCC(CN(C)C(=O)C2CCCN2)C1. The number of nitrogens with one attached hydrogen (secondary N) is 1. The molecule has 0 bridgehead atoms. The number of rotatable bonds is 3. The number of nitrogens with zero attached hydrogens (tertiary/aromatic N) is 2. The molecule has 0 aromatic rings. The zero-order valence-electron chi connectivity index (χ0n) is 10.4. The minimum atomic E-state index is 0.0872. The predicted octanol–water partition coefficient (Wildman–Crippen LogP) is 0.149. The highest BCUT2D eigenvalue weighted by molar-refractivity contribution is 5.81. The topological polar surface area (TPSA) is 35.6 Å². The van der Waals surface area contributed by atoms with Crippen molar-refractivity contribution in [3.63, 3.8) is 0 Å². The van der Waals surface area contributed by atoms with Gasteiger partial charge in [0.2, 0.25) is 5.91 Å². The van der Waals surface area contributed by atoms with Crippen molar-refractivity contribution in [1.29, 1.82) is 0 Å². The van der Waals surface area contributed by atoms with E-state index in [4.69, 9.17) is 0 Å². The Kier molecular flexibility index (Phi) is 3.82. The normalized spacial score (nSPS) is 30.9. The van der Waals surface area contributed by atoms with Gasteiger partial charge < -0.3 is 15.1 Å². The average Bonchev–Trinajstić information content (AvgIpc) is 2.88. The minimum Gasteiger partial charge on any atom is -0.344 e. The van der Waals surface area contributed by atoms with Gasteiger partial charge in [-0.25, -0.2) is 0 Å². The predicted molar refractivity (Wildman–Crippen MR) is 64.3 cm³/mol. The summed E-state index contributed by atoms with van der Waals surface area (Å²) in [5, 5.41) is 3.27. The van der Waals surface area contributed by atoms with Gasteiger partial charge in [-0.3, -0.25) is 4.79 Å². The lowest BCUT2D eigenvalue weighted by Crippen LogP contribution is -2.43. The summed E-state index contributed by atoms with van der Waals surface area (Å²) in [4.78, 5) is 16.3. The first-order valence-electron chi connectivity index (χ1n) is 6.33. The molecule has 2 aliphatic rings. The van der Waals surface area contributed by atoms with E-state index < -0.39 is 0 Å². The first kappa shape index (κ1) is 11.9. The minimum absolute atomic E-state index is 0.0872. The van der Waals surface area contributed by atoms with E-state index in [1.807, 2.05) is 11.9 Å². The van der Waals surface area contributed by atoms with E-state index in [-0.39, 0.29) is 11.9 Å². The van der Waals surface area contributed by atoms with Crippen molar-refractivity contribution in [2.75, 3.05) is 40.3 Å². The largest absolute Gasteiger partial charge is 0.344 e. The second-order valence-corrected chi connectivity index (χ2v) is 5.28. The zero-order valence-corrected chi connectivity index (χ0v) is 10.4. The molecule has 0 spiro atoms. The number of hydrogen-bond donors (Lipinski definition) is 1. The van der Waals surface area contributed by atoms with Crippen molar-refractivity contribution in [1.82, 2.24) is 15.1 Å². The summed E-state index contributed by atoms with van der Waals surface area (Å²) in [7, 11) is 4.10. The third kappa shape index (κ3) is 2.74. The van der Waals surface area contributed by atoms with Crippen LogP contribution in [-0.2, 0) is 4.79 Å². The molecule has 4 nitrogen and oxygen atoms in total. The van der Waals surface area contributed by atoms with Gasteiger partial charge in [-0.05, 0) is 45.3 Å². The lowest BCUT2D eigenvalue weighted by atomic mass is 10.1. The van der Waals surface area contributed by atoms with Gasteiger partial charge in [0.15, 0.2) is 0 Å². The number of carbonyl (C=O) groups is 1. The van der Waals surface area contributed by atoms with Crippen LogP contribution in [0.1, 0.15) is 19.3 Å². The highest BCUT2D eigenvalue weighted by Crippen LogP contribution is 2.16. The Labute approximate surface area is 98.0 Å². The second kappa shape index (κ2) is 5.15. The first-order chi connectivity index (χ1) is 7.66. The van der Waals surface area contributed by atoms with Crippen LogP contribution >= 0.6 is 0 Å². The maximum atomic E-state index is 12.1. The Morgan fingerprint density at radius 2 is 2.31 bits per heavy atom. The molecule has 0 radical (unpaired) electrons. The van der Waals surface area contributed by atoms with Crippen molar-refractivity contribution >= 4 is 5.91 Å². The Morgan fingerprint density at radius 3 is 2.88 bits per heavy atom. The number of amides is 1. The summed E-state index contributed by atoms with van der Waals surface area (Å²) < 4.78 is 0. The van der Waals surface area contributed by atoms with Gasteiger partial charge in [-0.1, -0.05) is 0 Å². The van der Waals surface area contributed by atoms with Gasteiger partial charge in [-0.15, -0.1) is 0 Å². The summed E-state index contributed by atoms with van der Waals surface area (Å²) in [6.45, 7) is 4.22. The van der Waals surface area contributed by atoms with E-state index in [9.17, 15) is 4.79 Å². The molecule has 0 aromatic heterocycles. The molecule has 4 heteroatoms. The zero-order chi connectivity index (χ0) is 11.5. The van der Waals surface area contributed by atoms with Crippen molar-refractivity contribution in [2.24, 2.45) is 5.92 Å². The van der Waals surface area contributed by atoms with Crippen LogP contribution in [0.15, 0.2) is 0 Å². The third-order valence-electron chi connectivity index (χ3n) is 3.76. The fourth-order valence-corrected chi connectivity index (χ4v) is 2.81. The van der Waals surface area contributed by atoms with E-state index in [2.05, 4.69) is 17.3 Å². The van der Waals surface area contributed by atoms with Crippen LogP contribution in [-0.4, -0.2) is 62.0 Å². The first-order valence-corrected chi connectivity index (χ1v) is 6.33. The van der Waals surface area contributed by atoms with Crippen molar-refractivity contribution in [2.45, 2.75) is 25.3 Å². The monoisotopic (exact) mass is 225 g/mol. The smallest absolute Gasteiger partial charge is 0.239 e. The molecule has 2 heterocycles. The van der Waals surface area contributed by atoms with Gasteiger partial charge in [0.05, 0.1) is 6.04 Å². The standard InChI is InChI=1S/C12H23N3O/c1-14-7-5-10(8-14)9-15(2)12(16)11-4-3-6-13-11/h10-11,13H,3-9H2,1-2H3. The van der Waals surface area contributed by atoms with E-state index >= 15 is 0 Å². The van der Waals surface area contributed by atoms with Crippen LogP contribution in [0.4, 0.5) is 0 Å². The Morgan fingerprint density at radius 1 is 1.50 bits per heavy atom. The van der Waals surface area contributed by atoms with Crippen molar-refractivity contribution in [3.8, 4) is 0 Å². The summed E-state index contributed by atoms with van der Waals surface area (Å²) in [6.07, 6.45) is 3.37. The molecule has 1 amide bonds. The maximum absolute atomic E-state index is 12.1. The summed E-state index contributed by atoms with van der Waals surface area (Å²) in [5.74, 6) is 0.951. The average molecular weight is 225 g/mol. The summed E-state index contributed by atoms with van der Waals surface area (Å²) in [5.41, 5.74) is 0. The maximum Gasteiger partial charge on any atom is 0.239 e. The molecule has 0 aliphatic carbocycles. The molecular weight excluding hydrogens is 202 g/mol. The van der Waals surface area contributed by atoms with E-state index in [0.29, 0.717) is 5.92 Å². The van der Waals surface area contributed by atoms with E-state index in [0.717, 1.165) is 32.5 Å². The van der Waals surface area contributed by atoms with Gasteiger partial charge in [0, 0.05) is 20.1 Å². The molecule has 2 atom stereocenters. The molecule has 2 saturated heterocycles. The van der Waals surface area contributed by atoms with E-state index in [1.165, 1.54) is 13.0 Å². The second-order valence-electron chi connectivity index (χ2n) is 5.28. The molecule has 16 heavy (non-hydrogen) atoms. The summed E-state index contributed by atoms with van der Waals surface area (Å²) >= 11 is 0. The Balaban J connectivity index is 1.78. The third-order valence-corrected chi connectivity index (χ3v) is 3.76. The molecule has 2 fully saturated rings. The van der Waals surface area contributed by atoms with Crippen LogP contribution in [0, 0.1) is 5.92 Å². The van der Waals surface area contributed by atoms with Crippen LogP contribution in [0.3, 0.4) is 0 Å². The fraction of sp³-hybridized carbons (Fsp3) is 0.917. The molecule has 2 unspecified atom stereocenters. The van der Waals surface area contributed by atoms with Crippen molar-refractivity contribution < 1.29 is 4.79 Å². The Bertz CT molecular complexity index is 251. The molecule has 92 valence electrons. The Hall–Kier alpha value is -0.610. The lowest BCUT2D eigenvalue weighted by molar-refractivity contribution is -0.132. The highest BCUT2D eigenvalue weighted by Gasteiger charge is 2.27. The van der Waals surface area contributed by atoms with Gasteiger partial charge in [0.25, 0.3) is 0 Å². The molecule has 0 aromatic carbocycles. The molecule has 2 rings (SSSR count). The quantitative estimate of drug-likeness (QED) is 0.742. The van der Waals surface area contributed by atoms with Gasteiger partial charge in [-0.2, -0.15) is 0 Å². The van der Waals surface area contributed by atoms with Crippen LogP contribution in [0.25, 0.3) is 0 Å². The summed E-state index contributed by atoms with van der Waals surface area (Å²) in [6, 6.07) is 0.0872. The van der Waals surface area contributed by atoms with Gasteiger partial charge >= 0.3 is 0 Å². The van der Waals surface area contributed by atoms with Crippen LogP contribution in [0.5, 0.6) is 0 Å². The molecule has 1 N–H and O–H groups in total. The van der Waals surface area contributed by atoms with Crippen LogP contribution < -0.4 is 5.32 Å². The molecule has 0 saturated carbocycles. The lowest BCUT2D eigenvalue weighted by Gasteiger charge is -2.24. The molecular formula is C12H23N3O. The van der Waals surface area contributed by atoms with E-state index in [1.54, 1.807) is 0 Å². The number of likely N-dealkylation sites (tertiary alicyclic amines) is 1. The molecule has 2 aliphatic heterocycles. The highest BCUT2D eigenvalue weighted by atomic mass is 16.2. The fourth-order valence-electron chi connectivity index (χ4n) is 2.81. The number of carbonyl (C=O) groups excluding carboxylic acids is 1. The van der Waals surface area contributed by atoms with Crippen molar-refractivity contribution in [3.05, 3.63) is 0 Å². The van der Waals surface area contributed by atoms with Crippen LogP contribution in [0.2, 0.25) is 0 Å².